The minimum absolute atomic E-state index is 0.270. The van der Waals surface area contributed by atoms with Crippen LogP contribution in [0.15, 0.2) is 0 Å². The molecule has 1 saturated heterocycles. The highest BCUT2D eigenvalue weighted by molar-refractivity contribution is 5.68. The fourth-order valence-corrected chi connectivity index (χ4v) is 3.33. The lowest BCUT2D eigenvalue weighted by molar-refractivity contribution is 0.0460. The van der Waals surface area contributed by atoms with Gasteiger partial charge in [0, 0.05) is 25.2 Å². The van der Waals surface area contributed by atoms with Gasteiger partial charge in [0.05, 0.1) is 0 Å². The van der Waals surface area contributed by atoms with Crippen molar-refractivity contribution in [2.24, 2.45) is 0 Å². The number of carbonyl (C=O) groups is 1. The molecule has 0 aromatic heterocycles. The maximum Gasteiger partial charge on any atom is 0.407 e. The van der Waals surface area contributed by atoms with Crippen LogP contribution in [0, 0.1) is 0 Å². The van der Waals surface area contributed by atoms with E-state index in [1.54, 1.807) is 0 Å². The Balaban J connectivity index is 1.70. The Kier molecular flexibility index (Phi) is 5.30. The number of alkyl carbamates (subject to hydrolysis) is 1. The predicted octanol–water partition coefficient (Wildman–Crippen LogP) is 3.31. The van der Waals surface area contributed by atoms with E-state index in [0.717, 1.165) is 32.0 Å². The van der Waals surface area contributed by atoms with Gasteiger partial charge < -0.3 is 15.0 Å². The zero-order chi connectivity index (χ0) is 14.6. The molecule has 0 unspecified atom stereocenters. The number of hydrogen-bond acceptors (Lipinski definition) is 3. The first kappa shape index (κ1) is 15.6. The van der Waals surface area contributed by atoms with E-state index in [1.807, 2.05) is 20.8 Å². The molecule has 1 amide bonds. The van der Waals surface area contributed by atoms with Gasteiger partial charge in [0.25, 0.3) is 0 Å². The molecular formula is C16H30N2O2. The summed E-state index contributed by atoms with van der Waals surface area (Å²) in [5.41, 5.74) is -0.410. The second-order valence-corrected chi connectivity index (χ2v) is 7.25. The monoisotopic (exact) mass is 282 g/mol. The lowest BCUT2D eigenvalue weighted by atomic mass is 9.92. The number of amides is 1. The van der Waals surface area contributed by atoms with Crippen LogP contribution in [0.4, 0.5) is 4.79 Å². The molecule has 4 nitrogen and oxygen atoms in total. The SMILES string of the molecule is CC(C)(C)OC(=O)NC1CCN(C2CCCCC2)CC1. The van der Waals surface area contributed by atoms with Crippen LogP contribution < -0.4 is 5.32 Å². The van der Waals surface area contributed by atoms with Crippen molar-refractivity contribution in [2.45, 2.75) is 83.4 Å². The number of nitrogens with one attached hydrogen (secondary N) is 1. The Morgan fingerprint density at radius 3 is 2.20 bits per heavy atom. The van der Waals surface area contributed by atoms with Crippen LogP contribution in [0.5, 0.6) is 0 Å². The molecule has 2 fully saturated rings. The Labute approximate surface area is 123 Å². The van der Waals surface area contributed by atoms with Crippen molar-refractivity contribution in [3.63, 3.8) is 0 Å². The van der Waals surface area contributed by atoms with Crippen LogP contribution in [0.25, 0.3) is 0 Å². The molecule has 2 rings (SSSR count). The number of piperidine rings is 1. The molecule has 1 saturated carbocycles. The molecule has 1 heterocycles. The first-order chi connectivity index (χ1) is 9.44. The van der Waals surface area contributed by atoms with Gasteiger partial charge in [-0.2, -0.15) is 0 Å². The summed E-state index contributed by atoms with van der Waals surface area (Å²) in [6.07, 6.45) is 8.75. The van der Waals surface area contributed by atoms with Gasteiger partial charge in [-0.1, -0.05) is 19.3 Å². The van der Waals surface area contributed by atoms with Crippen LogP contribution >= 0.6 is 0 Å². The number of ether oxygens (including phenoxy) is 1. The lowest BCUT2D eigenvalue weighted by Gasteiger charge is -2.39. The van der Waals surface area contributed by atoms with E-state index in [2.05, 4.69) is 10.2 Å². The largest absolute Gasteiger partial charge is 0.444 e. The van der Waals surface area contributed by atoms with Crippen LogP contribution in [-0.4, -0.2) is 41.8 Å². The molecule has 2 aliphatic rings. The van der Waals surface area contributed by atoms with Gasteiger partial charge >= 0.3 is 6.09 Å². The number of hydrogen-bond donors (Lipinski definition) is 1. The summed E-state index contributed by atoms with van der Waals surface area (Å²) in [4.78, 5) is 14.4. The Morgan fingerprint density at radius 1 is 1.05 bits per heavy atom. The third-order valence-corrected chi connectivity index (χ3v) is 4.34. The van der Waals surface area contributed by atoms with Gasteiger partial charge in [-0.25, -0.2) is 4.79 Å². The fourth-order valence-electron chi connectivity index (χ4n) is 3.33. The van der Waals surface area contributed by atoms with Crippen LogP contribution in [0.2, 0.25) is 0 Å². The molecule has 0 aromatic carbocycles. The van der Waals surface area contributed by atoms with E-state index < -0.39 is 5.60 Å². The van der Waals surface area contributed by atoms with Crippen molar-refractivity contribution >= 4 is 6.09 Å². The highest BCUT2D eigenvalue weighted by Gasteiger charge is 2.27. The minimum atomic E-state index is -0.410. The summed E-state index contributed by atoms with van der Waals surface area (Å²) >= 11 is 0. The summed E-state index contributed by atoms with van der Waals surface area (Å²) in [5, 5.41) is 3.01. The van der Waals surface area contributed by atoms with Crippen molar-refractivity contribution in [2.75, 3.05) is 13.1 Å². The second kappa shape index (κ2) is 6.79. The maximum atomic E-state index is 11.8. The van der Waals surface area contributed by atoms with Gasteiger partial charge in [0.15, 0.2) is 0 Å². The second-order valence-electron chi connectivity index (χ2n) is 7.25. The Hall–Kier alpha value is -0.770. The zero-order valence-electron chi connectivity index (χ0n) is 13.3. The molecule has 4 heteroatoms. The van der Waals surface area contributed by atoms with Crippen molar-refractivity contribution in [1.82, 2.24) is 10.2 Å². The smallest absolute Gasteiger partial charge is 0.407 e. The average molecular weight is 282 g/mol. The quantitative estimate of drug-likeness (QED) is 0.845. The van der Waals surface area contributed by atoms with Gasteiger partial charge in [0.1, 0.15) is 5.60 Å². The van der Waals surface area contributed by atoms with Crippen LogP contribution in [0.1, 0.15) is 65.7 Å². The fraction of sp³-hybridized carbons (Fsp3) is 0.938. The molecule has 1 aliphatic heterocycles. The molecular weight excluding hydrogens is 252 g/mol. The highest BCUT2D eigenvalue weighted by Crippen LogP contribution is 2.25. The zero-order valence-corrected chi connectivity index (χ0v) is 13.3. The third kappa shape index (κ3) is 4.97. The molecule has 116 valence electrons. The summed E-state index contributed by atoms with van der Waals surface area (Å²) in [6, 6.07) is 1.08. The molecule has 1 N–H and O–H groups in total. The number of nitrogens with zero attached hydrogens (tertiary/aromatic N) is 1. The van der Waals surface area contributed by atoms with Crippen molar-refractivity contribution in [3.05, 3.63) is 0 Å². The number of likely N-dealkylation sites (tertiary alicyclic amines) is 1. The summed E-state index contributed by atoms with van der Waals surface area (Å²) in [6.45, 7) is 7.94. The third-order valence-electron chi connectivity index (χ3n) is 4.34. The normalized spacial score (nSPS) is 23.6. The molecule has 0 spiro atoms. The maximum absolute atomic E-state index is 11.8. The number of rotatable bonds is 2. The van der Waals surface area contributed by atoms with Crippen molar-refractivity contribution in [1.29, 1.82) is 0 Å². The standard InChI is InChI=1S/C16H30N2O2/c1-16(2,3)20-15(19)17-13-9-11-18(12-10-13)14-7-5-4-6-8-14/h13-14H,4-12H2,1-3H3,(H,17,19). The first-order valence-corrected chi connectivity index (χ1v) is 8.17. The summed E-state index contributed by atoms with van der Waals surface area (Å²) in [5.74, 6) is 0. The van der Waals surface area contributed by atoms with E-state index >= 15 is 0 Å². The topological polar surface area (TPSA) is 41.6 Å². The molecule has 0 atom stereocenters. The van der Waals surface area contributed by atoms with Gasteiger partial charge in [-0.3, -0.25) is 0 Å². The minimum Gasteiger partial charge on any atom is -0.444 e. The average Bonchev–Trinajstić information content (AvgIpc) is 2.38. The van der Waals surface area contributed by atoms with E-state index in [9.17, 15) is 4.79 Å². The summed E-state index contributed by atoms with van der Waals surface area (Å²) < 4.78 is 5.32. The summed E-state index contributed by atoms with van der Waals surface area (Å²) in [7, 11) is 0. The Bertz CT molecular complexity index is 311. The Morgan fingerprint density at radius 2 is 1.65 bits per heavy atom. The van der Waals surface area contributed by atoms with Crippen LogP contribution in [0.3, 0.4) is 0 Å². The lowest BCUT2D eigenvalue weighted by Crippen LogP contribution is -2.49. The molecule has 20 heavy (non-hydrogen) atoms. The van der Waals surface area contributed by atoms with Crippen LogP contribution in [-0.2, 0) is 4.74 Å². The molecule has 0 radical (unpaired) electrons. The number of carbonyl (C=O) groups excluding carboxylic acids is 1. The van der Waals surface area contributed by atoms with E-state index in [4.69, 9.17) is 4.74 Å². The first-order valence-electron chi connectivity index (χ1n) is 8.17. The molecule has 0 bridgehead atoms. The van der Waals surface area contributed by atoms with Gasteiger partial charge in [-0.15, -0.1) is 0 Å². The van der Waals surface area contributed by atoms with Gasteiger partial charge in [0.2, 0.25) is 0 Å². The van der Waals surface area contributed by atoms with Crippen molar-refractivity contribution in [3.8, 4) is 0 Å². The van der Waals surface area contributed by atoms with Crippen molar-refractivity contribution < 1.29 is 9.53 Å². The van der Waals surface area contributed by atoms with E-state index in [0.29, 0.717) is 0 Å². The van der Waals surface area contributed by atoms with E-state index in [-0.39, 0.29) is 12.1 Å². The van der Waals surface area contributed by atoms with Gasteiger partial charge in [-0.05, 0) is 46.5 Å². The predicted molar refractivity (Wildman–Crippen MR) is 80.8 cm³/mol. The highest BCUT2D eigenvalue weighted by atomic mass is 16.6. The van der Waals surface area contributed by atoms with E-state index in [1.165, 1.54) is 32.1 Å². The molecule has 0 aromatic rings. The molecule has 1 aliphatic carbocycles.